The van der Waals surface area contributed by atoms with E-state index in [2.05, 4.69) is 15.4 Å². The molecule has 0 bridgehead atoms. The predicted octanol–water partition coefficient (Wildman–Crippen LogP) is 3.52. The fraction of sp³-hybridized carbons (Fsp3) is 0.0952. The zero-order chi connectivity index (χ0) is 20.4. The maximum atomic E-state index is 12.3. The van der Waals surface area contributed by atoms with E-state index >= 15 is 0 Å². The monoisotopic (exact) mass is 387 g/mol. The molecule has 0 radical (unpaired) electrons. The van der Waals surface area contributed by atoms with E-state index in [1.54, 1.807) is 49.8 Å². The normalized spacial score (nSPS) is 10.8. The zero-order valence-electron chi connectivity index (χ0n) is 15.6. The number of pyridine rings is 1. The van der Waals surface area contributed by atoms with Crippen LogP contribution >= 0.6 is 0 Å². The summed E-state index contributed by atoms with van der Waals surface area (Å²) in [5, 5.41) is 20.3. The van der Waals surface area contributed by atoms with E-state index in [0.717, 1.165) is 5.56 Å². The third kappa shape index (κ3) is 3.55. The fourth-order valence-corrected chi connectivity index (χ4v) is 3.19. The van der Waals surface area contributed by atoms with Gasteiger partial charge in [-0.15, -0.1) is 0 Å². The van der Waals surface area contributed by atoms with Crippen molar-refractivity contribution in [2.24, 2.45) is 7.05 Å². The molecule has 0 saturated carbocycles. The molecule has 2 aromatic heterocycles. The molecule has 4 rings (SSSR count). The van der Waals surface area contributed by atoms with Gasteiger partial charge in [-0.1, -0.05) is 30.3 Å². The smallest absolute Gasteiger partial charge is 0.293 e. The number of nitrogens with zero attached hydrogens (tertiary/aromatic N) is 4. The molecule has 144 valence electrons. The Labute approximate surface area is 165 Å². The zero-order valence-corrected chi connectivity index (χ0v) is 15.6. The lowest BCUT2D eigenvalue weighted by Crippen LogP contribution is -2.20. The number of nitro groups is 1. The van der Waals surface area contributed by atoms with Crippen LogP contribution in [0.2, 0.25) is 0 Å². The molecule has 1 N–H and O–H groups in total. The number of nitrogens with one attached hydrogen (secondary N) is 1. The molecule has 29 heavy (non-hydrogen) atoms. The van der Waals surface area contributed by atoms with Crippen LogP contribution in [-0.4, -0.2) is 19.7 Å². The number of fused-ring (bicyclic) bond motifs is 1. The summed E-state index contributed by atoms with van der Waals surface area (Å²) in [5.41, 5.74) is 2.12. The number of hydrogen-bond donors (Lipinski definition) is 1. The first-order chi connectivity index (χ1) is 14.0. The summed E-state index contributed by atoms with van der Waals surface area (Å²) >= 11 is 0. The summed E-state index contributed by atoms with van der Waals surface area (Å²) in [6, 6.07) is 15.7. The third-order valence-electron chi connectivity index (χ3n) is 4.63. The molecule has 0 aliphatic carbocycles. The van der Waals surface area contributed by atoms with E-state index in [9.17, 15) is 14.9 Å². The molecule has 4 aromatic rings. The lowest BCUT2D eigenvalue weighted by Gasteiger charge is -2.11. The fourth-order valence-electron chi connectivity index (χ4n) is 3.19. The van der Waals surface area contributed by atoms with Crippen molar-refractivity contribution in [1.82, 2.24) is 14.8 Å². The molecule has 2 aromatic carbocycles. The van der Waals surface area contributed by atoms with Gasteiger partial charge >= 0.3 is 0 Å². The Balaban J connectivity index is 1.78. The lowest BCUT2D eigenvalue weighted by molar-refractivity contribution is -0.383. The van der Waals surface area contributed by atoms with Crippen molar-refractivity contribution in [3.8, 4) is 11.3 Å². The first kappa shape index (κ1) is 18.3. The molecule has 2 heterocycles. The number of aryl methyl sites for hydroxylation is 1. The van der Waals surface area contributed by atoms with Crippen molar-refractivity contribution < 1.29 is 4.92 Å². The van der Waals surface area contributed by atoms with Gasteiger partial charge in [0.15, 0.2) is 0 Å². The summed E-state index contributed by atoms with van der Waals surface area (Å²) in [7, 11) is 1.57. The molecule has 0 aliphatic rings. The number of anilines is 1. The molecule has 0 unspecified atom stereocenters. The number of benzene rings is 2. The van der Waals surface area contributed by atoms with Crippen LogP contribution in [0.4, 0.5) is 11.4 Å². The van der Waals surface area contributed by atoms with Gasteiger partial charge in [0.1, 0.15) is 5.69 Å². The Morgan fingerprint density at radius 2 is 1.90 bits per heavy atom. The largest absolute Gasteiger partial charge is 0.375 e. The highest BCUT2D eigenvalue weighted by molar-refractivity contribution is 5.94. The van der Waals surface area contributed by atoms with Crippen molar-refractivity contribution in [2.45, 2.75) is 6.54 Å². The minimum Gasteiger partial charge on any atom is -0.375 e. The van der Waals surface area contributed by atoms with Crippen molar-refractivity contribution in [2.75, 3.05) is 5.32 Å². The SMILES string of the molecule is Cn1nc(-c2ccc(NCc3cccnc3)c([N+](=O)[O-])c2)c2ccccc2c1=O. The van der Waals surface area contributed by atoms with Crippen LogP contribution in [0.25, 0.3) is 22.0 Å². The van der Waals surface area contributed by atoms with Crippen molar-refractivity contribution in [3.63, 3.8) is 0 Å². The van der Waals surface area contributed by atoms with Crippen LogP contribution in [0.3, 0.4) is 0 Å². The van der Waals surface area contributed by atoms with Crippen molar-refractivity contribution >= 4 is 22.1 Å². The minimum atomic E-state index is -0.431. The molecule has 8 nitrogen and oxygen atoms in total. The van der Waals surface area contributed by atoms with E-state index in [-0.39, 0.29) is 11.2 Å². The maximum absolute atomic E-state index is 12.3. The minimum absolute atomic E-state index is 0.0638. The summed E-state index contributed by atoms with van der Waals surface area (Å²) < 4.78 is 1.25. The highest BCUT2D eigenvalue weighted by Gasteiger charge is 2.18. The third-order valence-corrected chi connectivity index (χ3v) is 4.63. The van der Waals surface area contributed by atoms with Gasteiger partial charge in [0.2, 0.25) is 0 Å². The van der Waals surface area contributed by atoms with Crippen LogP contribution in [0.15, 0.2) is 71.8 Å². The van der Waals surface area contributed by atoms with Gasteiger partial charge in [-0.05, 0) is 23.8 Å². The van der Waals surface area contributed by atoms with Crippen molar-refractivity contribution in [1.29, 1.82) is 0 Å². The van der Waals surface area contributed by atoms with Gasteiger partial charge in [0.05, 0.1) is 16.0 Å². The van der Waals surface area contributed by atoms with Crippen LogP contribution in [-0.2, 0) is 13.6 Å². The quantitative estimate of drug-likeness (QED) is 0.415. The summed E-state index contributed by atoms with van der Waals surface area (Å²) in [6.45, 7) is 0.412. The van der Waals surface area contributed by atoms with Crippen LogP contribution < -0.4 is 10.9 Å². The lowest BCUT2D eigenvalue weighted by atomic mass is 10.0. The standard InChI is InChI=1S/C21H17N5O3/c1-25-21(27)17-7-3-2-6-16(17)20(24-25)15-8-9-18(19(11-15)26(28)29)23-13-14-5-4-10-22-12-14/h2-12,23H,13H2,1H3. The van der Waals surface area contributed by atoms with Gasteiger partial charge in [0, 0.05) is 43.0 Å². The van der Waals surface area contributed by atoms with E-state index in [1.165, 1.54) is 10.7 Å². The Morgan fingerprint density at radius 3 is 2.62 bits per heavy atom. The van der Waals surface area contributed by atoms with Crippen LogP contribution in [0.1, 0.15) is 5.56 Å². The highest BCUT2D eigenvalue weighted by Crippen LogP contribution is 2.32. The summed E-state index contributed by atoms with van der Waals surface area (Å²) in [4.78, 5) is 27.6. The number of hydrogen-bond acceptors (Lipinski definition) is 6. The summed E-state index contributed by atoms with van der Waals surface area (Å²) in [5.74, 6) is 0. The van der Waals surface area contributed by atoms with E-state index < -0.39 is 4.92 Å². The van der Waals surface area contributed by atoms with E-state index in [0.29, 0.717) is 34.3 Å². The van der Waals surface area contributed by atoms with Gasteiger partial charge in [-0.25, -0.2) is 4.68 Å². The number of aromatic nitrogens is 3. The molecular weight excluding hydrogens is 370 g/mol. The Morgan fingerprint density at radius 1 is 1.10 bits per heavy atom. The first-order valence-electron chi connectivity index (χ1n) is 8.92. The Hall–Kier alpha value is -4.07. The molecule has 8 heteroatoms. The Bertz CT molecular complexity index is 1270. The molecule has 0 atom stereocenters. The molecule has 0 saturated heterocycles. The average molecular weight is 387 g/mol. The second kappa shape index (κ2) is 7.51. The van der Waals surface area contributed by atoms with Crippen LogP contribution in [0, 0.1) is 10.1 Å². The first-order valence-corrected chi connectivity index (χ1v) is 8.92. The number of nitro benzene ring substituents is 1. The second-order valence-corrected chi connectivity index (χ2v) is 6.53. The van der Waals surface area contributed by atoms with E-state index in [4.69, 9.17) is 0 Å². The molecule has 0 spiro atoms. The topological polar surface area (TPSA) is 103 Å². The van der Waals surface area contributed by atoms with E-state index in [1.807, 2.05) is 18.2 Å². The van der Waals surface area contributed by atoms with Gasteiger partial charge in [0.25, 0.3) is 11.2 Å². The van der Waals surface area contributed by atoms with Gasteiger partial charge in [-0.3, -0.25) is 19.9 Å². The number of rotatable bonds is 5. The molecule has 0 fully saturated rings. The average Bonchev–Trinajstić information content (AvgIpc) is 2.75. The van der Waals surface area contributed by atoms with Gasteiger partial charge in [-0.2, -0.15) is 5.10 Å². The molecule has 0 aliphatic heterocycles. The van der Waals surface area contributed by atoms with Gasteiger partial charge < -0.3 is 5.32 Å². The maximum Gasteiger partial charge on any atom is 0.293 e. The predicted molar refractivity (Wildman–Crippen MR) is 111 cm³/mol. The molecule has 0 amide bonds. The molecular formula is C21H17N5O3. The Kier molecular flexibility index (Phi) is 4.74. The highest BCUT2D eigenvalue weighted by atomic mass is 16.6. The van der Waals surface area contributed by atoms with Crippen LogP contribution in [0.5, 0.6) is 0 Å². The van der Waals surface area contributed by atoms with Crippen molar-refractivity contribution in [3.05, 3.63) is 93.0 Å². The second-order valence-electron chi connectivity index (χ2n) is 6.53. The summed E-state index contributed by atoms with van der Waals surface area (Å²) in [6.07, 6.45) is 3.37.